The molecule has 0 fully saturated rings. The van der Waals surface area contributed by atoms with Crippen molar-refractivity contribution in [1.29, 1.82) is 5.41 Å². The van der Waals surface area contributed by atoms with Gasteiger partial charge in [-0.25, -0.2) is 9.37 Å². The second-order valence-electron chi connectivity index (χ2n) is 6.95. The summed E-state index contributed by atoms with van der Waals surface area (Å²) >= 11 is 0. The molecule has 0 bridgehead atoms. The lowest BCUT2D eigenvalue weighted by atomic mass is 9.99. The Morgan fingerprint density at radius 3 is 2.45 bits per heavy atom. The molecule has 2 aromatic carbocycles. The molecule has 33 heavy (non-hydrogen) atoms. The Morgan fingerprint density at radius 1 is 1.24 bits per heavy atom. The molecule has 1 aromatic heterocycles. The number of halogens is 1. The Labute approximate surface area is 192 Å². The van der Waals surface area contributed by atoms with Crippen molar-refractivity contribution in [3.63, 3.8) is 0 Å². The van der Waals surface area contributed by atoms with E-state index in [0.29, 0.717) is 22.4 Å². The quantitative estimate of drug-likeness (QED) is 0.241. The van der Waals surface area contributed by atoms with Crippen molar-refractivity contribution >= 4 is 22.9 Å². The molecule has 8 nitrogen and oxygen atoms in total. The van der Waals surface area contributed by atoms with Crippen LogP contribution in [0.2, 0.25) is 0 Å². The Balaban J connectivity index is 0.00000187. The van der Waals surface area contributed by atoms with E-state index in [1.54, 1.807) is 32.3 Å². The maximum atomic E-state index is 13.2. The monoisotopic (exact) mass is 453 g/mol. The van der Waals surface area contributed by atoms with Crippen molar-refractivity contribution in [2.45, 2.75) is 33.8 Å². The Morgan fingerprint density at radius 2 is 1.88 bits per heavy atom. The summed E-state index contributed by atoms with van der Waals surface area (Å²) in [6, 6.07) is 9.88. The van der Waals surface area contributed by atoms with Gasteiger partial charge < -0.3 is 15.8 Å². The molecule has 3 aromatic rings. The summed E-state index contributed by atoms with van der Waals surface area (Å²) in [4.78, 5) is 15.1. The zero-order valence-electron chi connectivity index (χ0n) is 19.3. The number of ether oxygens (including phenoxy) is 1. The van der Waals surface area contributed by atoms with Crippen LogP contribution < -0.4 is 15.8 Å². The van der Waals surface area contributed by atoms with Gasteiger partial charge in [0.1, 0.15) is 17.7 Å². The number of pyridine rings is 1. The van der Waals surface area contributed by atoms with Crippen LogP contribution in [-0.2, 0) is 0 Å². The normalized spacial score (nSPS) is 11.1. The van der Waals surface area contributed by atoms with E-state index >= 15 is 0 Å². The fourth-order valence-electron chi connectivity index (χ4n) is 3.25. The molecule has 0 aliphatic carbocycles. The van der Waals surface area contributed by atoms with E-state index in [1.165, 1.54) is 30.3 Å². The van der Waals surface area contributed by atoms with Crippen molar-refractivity contribution in [2.24, 2.45) is 0 Å². The molecule has 0 radical (unpaired) electrons. The van der Waals surface area contributed by atoms with Gasteiger partial charge >= 0.3 is 5.69 Å². The summed E-state index contributed by atoms with van der Waals surface area (Å²) in [7, 11) is 1.72. The zero-order chi connectivity index (χ0) is 24.7. The molecule has 0 saturated heterocycles. The van der Waals surface area contributed by atoms with E-state index in [1.807, 2.05) is 20.8 Å². The highest BCUT2D eigenvalue weighted by atomic mass is 19.1. The van der Waals surface area contributed by atoms with Crippen molar-refractivity contribution in [2.75, 3.05) is 18.1 Å². The van der Waals surface area contributed by atoms with Gasteiger partial charge in [0.25, 0.3) is 0 Å². The number of rotatable bonds is 7. The summed E-state index contributed by atoms with van der Waals surface area (Å²) in [5.74, 6) is -0.225. The number of anilines is 2. The molecule has 174 valence electrons. The number of benzene rings is 2. The Kier molecular flexibility index (Phi) is 8.44. The second-order valence-corrected chi connectivity index (χ2v) is 6.95. The molecular weight excluding hydrogens is 425 g/mol. The molecule has 9 heteroatoms. The summed E-state index contributed by atoms with van der Waals surface area (Å²) in [5, 5.41) is 23.2. The van der Waals surface area contributed by atoms with Crippen molar-refractivity contribution in [3.05, 3.63) is 86.8 Å². The average Bonchev–Trinajstić information content (AvgIpc) is 2.81. The van der Waals surface area contributed by atoms with Gasteiger partial charge in [0.2, 0.25) is 0 Å². The molecule has 0 spiro atoms. The highest BCUT2D eigenvalue weighted by Crippen LogP contribution is 2.34. The van der Waals surface area contributed by atoms with Crippen LogP contribution in [-0.4, -0.2) is 22.7 Å². The van der Waals surface area contributed by atoms with E-state index in [0.717, 1.165) is 5.56 Å². The van der Waals surface area contributed by atoms with E-state index < -0.39 is 11.0 Å². The van der Waals surface area contributed by atoms with Crippen LogP contribution in [0.1, 0.15) is 49.1 Å². The lowest BCUT2D eigenvalue weighted by Crippen LogP contribution is -2.13. The van der Waals surface area contributed by atoms with Gasteiger partial charge in [-0.2, -0.15) is 0 Å². The average molecular weight is 454 g/mol. The van der Waals surface area contributed by atoms with Crippen LogP contribution in [0.3, 0.4) is 0 Å². The van der Waals surface area contributed by atoms with Gasteiger partial charge in [-0.1, -0.05) is 26.0 Å². The van der Waals surface area contributed by atoms with Crippen molar-refractivity contribution in [3.8, 4) is 5.75 Å². The maximum absolute atomic E-state index is 13.2. The van der Waals surface area contributed by atoms with E-state index in [4.69, 9.17) is 15.9 Å². The molecule has 0 aliphatic heterocycles. The number of hydrogen-bond acceptors (Lipinski definition) is 7. The third kappa shape index (κ3) is 5.62. The lowest BCUT2D eigenvalue weighted by Gasteiger charge is -2.18. The van der Waals surface area contributed by atoms with Crippen LogP contribution in [0.4, 0.5) is 21.6 Å². The Bertz CT molecular complexity index is 1150. The molecule has 1 unspecified atom stereocenters. The number of nitrogens with two attached hydrogens (primary N) is 1. The molecule has 1 atom stereocenters. The minimum atomic E-state index is -0.581. The highest BCUT2D eigenvalue weighted by molar-refractivity contribution is 6.17. The molecular formula is C24H28FN5O3. The summed E-state index contributed by atoms with van der Waals surface area (Å²) in [5.41, 5.74) is 8.72. The highest BCUT2D eigenvalue weighted by Gasteiger charge is 2.22. The van der Waals surface area contributed by atoms with E-state index in [9.17, 15) is 14.5 Å². The number of nitrogens with zero attached hydrogens (tertiary/aromatic N) is 2. The maximum Gasteiger partial charge on any atom is 0.310 e. The second kappa shape index (κ2) is 11.0. The smallest absolute Gasteiger partial charge is 0.310 e. The summed E-state index contributed by atoms with van der Waals surface area (Å²) in [6.07, 6.45) is 1.02. The summed E-state index contributed by atoms with van der Waals surface area (Å²) in [6.45, 7) is 7.54. The van der Waals surface area contributed by atoms with E-state index in [-0.39, 0.29) is 28.8 Å². The van der Waals surface area contributed by atoms with Crippen LogP contribution in [0.5, 0.6) is 5.75 Å². The molecule has 0 saturated carbocycles. The fourth-order valence-corrected chi connectivity index (χ4v) is 3.25. The van der Waals surface area contributed by atoms with E-state index in [2.05, 4.69) is 10.3 Å². The third-order valence-electron chi connectivity index (χ3n) is 4.89. The fraction of sp³-hybridized carbons (Fsp3) is 0.250. The first kappa shape index (κ1) is 25.3. The molecule has 0 aliphatic rings. The molecule has 4 N–H and O–H groups in total. The number of nitrogens with one attached hydrogen (secondary N) is 2. The number of nitro groups is 1. The van der Waals surface area contributed by atoms with Crippen molar-refractivity contribution < 1.29 is 14.1 Å². The number of nitrogen functional groups attached to an aromatic ring is 1. The van der Waals surface area contributed by atoms with Gasteiger partial charge in [-0.3, -0.25) is 15.5 Å². The number of nitro benzene ring substituents is 1. The first-order valence-corrected chi connectivity index (χ1v) is 10.5. The number of hydrogen-bond donors (Lipinski definition) is 3. The van der Waals surface area contributed by atoms with Crippen molar-refractivity contribution in [1.82, 2.24) is 4.98 Å². The van der Waals surface area contributed by atoms with Crippen LogP contribution in [0.15, 0.2) is 48.7 Å². The molecule has 0 amide bonds. The predicted octanol–water partition coefficient (Wildman–Crippen LogP) is 5.64. The first-order valence-electron chi connectivity index (χ1n) is 10.5. The Hall–Kier alpha value is -4.01. The predicted molar refractivity (Wildman–Crippen MR) is 129 cm³/mol. The topological polar surface area (TPSA) is 127 Å². The SMILES string of the molecule is CC.CNc1c(C)cnc(N)c1C(=N)c1ccc([N+](=O)[O-])c(OC(C)c2ccc(F)cc2)c1. The largest absolute Gasteiger partial charge is 0.479 e. The minimum Gasteiger partial charge on any atom is -0.479 e. The van der Waals surface area contributed by atoms with Gasteiger partial charge in [-0.05, 0) is 49.2 Å². The standard InChI is InChI=1S/C22H22FN5O3.C2H6/c1-12-11-27-22(25)19(21(12)26-3)20(24)15-6-9-17(28(29)30)18(10-15)31-13(2)14-4-7-16(23)8-5-14;1-2/h4-11,13,24H,1-3H3,(H3,25,26,27);1-2H3. The number of aryl methyl sites for hydroxylation is 1. The third-order valence-corrected chi connectivity index (χ3v) is 4.89. The van der Waals surface area contributed by atoms with Gasteiger partial charge in [0.05, 0.1) is 21.9 Å². The zero-order valence-corrected chi connectivity index (χ0v) is 19.3. The van der Waals surface area contributed by atoms with Gasteiger partial charge in [0, 0.05) is 24.9 Å². The first-order chi connectivity index (χ1) is 15.7. The lowest BCUT2D eigenvalue weighted by molar-refractivity contribution is -0.386. The van der Waals surface area contributed by atoms with Crippen LogP contribution in [0.25, 0.3) is 0 Å². The molecule has 1 heterocycles. The van der Waals surface area contributed by atoms with Gasteiger partial charge in [0.15, 0.2) is 5.75 Å². The van der Waals surface area contributed by atoms with Crippen LogP contribution >= 0.6 is 0 Å². The molecule has 3 rings (SSSR count). The number of aromatic nitrogens is 1. The van der Waals surface area contributed by atoms with Gasteiger partial charge in [-0.15, -0.1) is 0 Å². The summed E-state index contributed by atoms with van der Waals surface area (Å²) < 4.78 is 19.0. The minimum absolute atomic E-state index is 0.00531. The van der Waals surface area contributed by atoms with Crippen LogP contribution in [0, 0.1) is 28.3 Å².